The SMILES string of the molecule is CC(C)(CNc1nc(-c2ccncc2)nc2cnccc12)NC(=O)O. The van der Waals surface area contributed by atoms with Gasteiger partial charge in [-0.25, -0.2) is 14.8 Å². The number of pyridine rings is 2. The Morgan fingerprint density at radius 1 is 1.12 bits per heavy atom. The van der Waals surface area contributed by atoms with Crippen molar-refractivity contribution < 1.29 is 9.90 Å². The summed E-state index contributed by atoms with van der Waals surface area (Å²) in [5.41, 5.74) is 0.884. The number of carbonyl (C=O) groups is 1. The molecule has 1 amide bonds. The van der Waals surface area contributed by atoms with E-state index in [1.54, 1.807) is 38.6 Å². The van der Waals surface area contributed by atoms with Gasteiger partial charge < -0.3 is 15.7 Å². The molecule has 0 spiro atoms. The fourth-order valence-corrected chi connectivity index (χ4v) is 2.38. The Labute approximate surface area is 144 Å². The fourth-order valence-electron chi connectivity index (χ4n) is 2.38. The molecule has 0 fully saturated rings. The topological polar surface area (TPSA) is 113 Å². The second-order valence-corrected chi connectivity index (χ2v) is 6.19. The van der Waals surface area contributed by atoms with E-state index < -0.39 is 11.6 Å². The molecule has 0 saturated carbocycles. The highest BCUT2D eigenvalue weighted by Gasteiger charge is 2.20. The lowest BCUT2D eigenvalue weighted by atomic mass is 10.1. The Hall–Kier alpha value is -3.29. The second kappa shape index (κ2) is 6.68. The molecule has 0 bridgehead atoms. The molecule has 0 atom stereocenters. The second-order valence-electron chi connectivity index (χ2n) is 6.19. The van der Waals surface area contributed by atoms with Crippen LogP contribution < -0.4 is 10.6 Å². The monoisotopic (exact) mass is 338 g/mol. The van der Waals surface area contributed by atoms with Gasteiger partial charge in [0.1, 0.15) is 5.82 Å². The molecule has 0 aliphatic rings. The Morgan fingerprint density at radius 2 is 1.84 bits per heavy atom. The van der Waals surface area contributed by atoms with Crippen molar-refractivity contribution in [3.05, 3.63) is 43.0 Å². The van der Waals surface area contributed by atoms with Gasteiger partial charge >= 0.3 is 6.09 Å². The maximum absolute atomic E-state index is 10.9. The van der Waals surface area contributed by atoms with Crippen LogP contribution >= 0.6 is 0 Å². The standard InChI is InChI=1S/C17H18N6O2/c1-17(2,23-16(24)25)10-20-15-12-5-8-19-9-13(12)21-14(22-15)11-3-6-18-7-4-11/h3-9,23H,10H2,1-2H3,(H,24,25)(H,20,21,22). The Balaban J connectivity index is 1.97. The predicted octanol–water partition coefficient (Wildman–Crippen LogP) is 2.54. The molecule has 3 aromatic heterocycles. The lowest BCUT2D eigenvalue weighted by Gasteiger charge is -2.25. The van der Waals surface area contributed by atoms with Gasteiger partial charge in [0, 0.05) is 36.1 Å². The predicted molar refractivity (Wildman–Crippen MR) is 94.3 cm³/mol. The van der Waals surface area contributed by atoms with E-state index in [1.165, 1.54) is 0 Å². The molecule has 0 unspecified atom stereocenters. The lowest BCUT2D eigenvalue weighted by Crippen LogP contribution is -2.47. The van der Waals surface area contributed by atoms with Crippen molar-refractivity contribution in [2.45, 2.75) is 19.4 Å². The summed E-state index contributed by atoms with van der Waals surface area (Å²) in [7, 11) is 0. The first kappa shape index (κ1) is 16.6. The number of hydrogen-bond donors (Lipinski definition) is 3. The third-order valence-electron chi connectivity index (χ3n) is 3.58. The summed E-state index contributed by atoms with van der Waals surface area (Å²) in [6.07, 6.45) is 5.64. The lowest BCUT2D eigenvalue weighted by molar-refractivity contribution is 0.183. The summed E-state index contributed by atoms with van der Waals surface area (Å²) in [6, 6.07) is 5.49. The van der Waals surface area contributed by atoms with E-state index in [9.17, 15) is 4.79 Å². The van der Waals surface area contributed by atoms with Crippen molar-refractivity contribution in [2.24, 2.45) is 0 Å². The highest BCUT2D eigenvalue weighted by Crippen LogP contribution is 2.24. The maximum Gasteiger partial charge on any atom is 0.405 e. The van der Waals surface area contributed by atoms with Crippen molar-refractivity contribution in [2.75, 3.05) is 11.9 Å². The number of hydrogen-bond acceptors (Lipinski definition) is 6. The molecule has 3 aromatic rings. The summed E-state index contributed by atoms with van der Waals surface area (Å²) in [4.78, 5) is 28.2. The van der Waals surface area contributed by atoms with Crippen LogP contribution in [-0.4, -0.2) is 43.2 Å². The fraction of sp³-hybridized carbons (Fsp3) is 0.235. The van der Waals surface area contributed by atoms with Crippen molar-refractivity contribution in [3.63, 3.8) is 0 Å². The Kier molecular flexibility index (Phi) is 4.42. The van der Waals surface area contributed by atoms with Crippen LogP contribution in [0.5, 0.6) is 0 Å². The van der Waals surface area contributed by atoms with E-state index in [0.29, 0.717) is 23.7 Å². The number of nitrogens with one attached hydrogen (secondary N) is 2. The molecular weight excluding hydrogens is 320 g/mol. The summed E-state index contributed by atoms with van der Waals surface area (Å²) in [6.45, 7) is 3.95. The largest absolute Gasteiger partial charge is 0.465 e. The molecule has 0 aliphatic carbocycles. The molecule has 8 heteroatoms. The van der Waals surface area contributed by atoms with Crippen molar-refractivity contribution in [1.82, 2.24) is 25.3 Å². The van der Waals surface area contributed by atoms with Crippen LogP contribution in [0.2, 0.25) is 0 Å². The zero-order valence-corrected chi connectivity index (χ0v) is 13.9. The van der Waals surface area contributed by atoms with Crippen LogP contribution in [0.1, 0.15) is 13.8 Å². The van der Waals surface area contributed by atoms with Crippen LogP contribution in [0.15, 0.2) is 43.0 Å². The third-order valence-corrected chi connectivity index (χ3v) is 3.58. The van der Waals surface area contributed by atoms with E-state index in [0.717, 1.165) is 10.9 Å². The number of carboxylic acid groups (broad SMARTS) is 1. The normalized spacial score (nSPS) is 11.3. The highest BCUT2D eigenvalue weighted by atomic mass is 16.4. The van der Waals surface area contributed by atoms with Crippen molar-refractivity contribution >= 4 is 22.8 Å². The van der Waals surface area contributed by atoms with Gasteiger partial charge in [0.15, 0.2) is 5.82 Å². The van der Waals surface area contributed by atoms with Gasteiger partial charge in [0.2, 0.25) is 0 Å². The minimum absolute atomic E-state index is 0.365. The number of aromatic nitrogens is 4. The van der Waals surface area contributed by atoms with Crippen LogP contribution in [-0.2, 0) is 0 Å². The van der Waals surface area contributed by atoms with Gasteiger partial charge in [-0.3, -0.25) is 9.97 Å². The van der Waals surface area contributed by atoms with E-state index in [1.807, 2.05) is 18.2 Å². The van der Waals surface area contributed by atoms with Gasteiger partial charge in [-0.15, -0.1) is 0 Å². The number of nitrogens with zero attached hydrogens (tertiary/aromatic N) is 4. The molecule has 3 heterocycles. The van der Waals surface area contributed by atoms with Crippen LogP contribution in [0.4, 0.5) is 10.6 Å². The smallest absolute Gasteiger partial charge is 0.405 e. The minimum atomic E-state index is -1.07. The minimum Gasteiger partial charge on any atom is -0.465 e. The molecule has 3 rings (SSSR count). The van der Waals surface area contributed by atoms with E-state index in [4.69, 9.17) is 5.11 Å². The first-order chi connectivity index (χ1) is 11.9. The maximum atomic E-state index is 10.9. The van der Waals surface area contributed by atoms with Crippen molar-refractivity contribution in [1.29, 1.82) is 0 Å². The Bertz CT molecular complexity index is 898. The van der Waals surface area contributed by atoms with Gasteiger partial charge in [-0.05, 0) is 32.0 Å². The average molecular weight is 338 g/mol. The highest BCUT2D eigenvalue weighted by molar-refractivity contribution is 5.89. The van der Waals surface area contributed by atoms with Gasteiger partial charge in [-0.2, -0.15) is 0 Å². The number of fused-ring (bicyclic) bond motifs is 1. The zero-order valence-electron chi connectivity index (χ0n) is 13.9. The summed E-state index contributed by atoms with van der Waals surface area (Å²) < 4.78 is 0. The first-order valence-corrected chi connectivity index (χ1v) is 7.72. The molecule has 0 radical (unpaired) electrons. The van der Waals surface area contributed by atoms with Gasteiger partial charge in [-0.1, -0.05) is 0 Å². The van der Waals surface area contributed by atoms with Crippen LogP contribution in [0.3, 0.4) is 0 Å². The van der Waals surface area contributed by atoms with Crippen molar-refractivity contribution in [3.8, 4) is 11.4 Å². The summed E-state index contributed by atoms with van der Waals surface area (Å²) in [5, 5.41) is 15.4. The van der Waals surface area contributed by atoms with Gasteiger partial charge in [0.25, 0.3) is 0 Å². The molecule has 128 valence electrons. The molecule has 3 N–H and O–H groups in total. The van der Waals surface area contributed by atoms with E-state index in [2.05, 4.69) is 30.6 Å². The zero-order chi connectivity index (χ0) is 17.9. The molecule has 0 aliphatic heterocycles. The number of amides is 1. The van der Waals surface area contributed by atoms with Gasteiger partial charge in [0.05, 0.1) is 17.3 Å². The van der Waals surface area contributed by atoms with E-state index in [-0.39, 0.29) is 0 Å². The molecule has 8 nitrogen and oxygen atoms in total. The number of rotatable bonds is 5. The molecule has 0 aromatic carbocycles. The third kappa shape index (κ3) is 3.97. The van der Waals surface area contributed by atoms with Crippen LogP contribution in [0, 0.1) is 0 Å². The number of anilines is 1. The van der Waals surface area contributed by atoms with Crippen LogP contribution in [0.25, 0.3) is 22.3 Å². The summed E-state index contributed by atoms with van der Waals surface area (Å²) >= 11 is 0. The Morgan fingerprint density at radius 3 is 2.56 bits per heavy atom. The molecule has 25 heavy (non-hydrogen) atoms. The molecular formula is C17H18N6O2. The van der Waals surface area contributed by atoms with E-state index >= 15 is 0 Å². The first-order valence-electron chi connectivity index (χ1n) is 7.72. The quantitative estimate of drug-likeness (QED) is 0.655. The molecule has 0 saturated heterocycles. The summed E-state index contributed by atoms with van der Waals surface area (Å²) in [5.74, 6) is 1.17. The average Bonchev–Trinajstić information content (AvgIpc) is 2.59.